The van der Waals surface area contributed by atoms with Gasteiger partial charge in [0, 0.05) is 0 Å². The molecule has 1 unspecified atom stereocenters. The Morgan fingerprint density at radius 2 is 2.14 bits per heavy atom. The fourth-order valence-electron chi connectivity index (χ4n) is 0.415. The van der Waals surface area contributed by atoms with Gasteiger partial charge in [-0.3, -0.25) is 0 Å². The zero-order valence-electron chi connectivity index (χ0n) is 4.72. The van der Waals surface area contributed by atoms with Crippen LogP contribution in [-0.4, -0.2) is 17.9 Å². The Morgan fingerprint density at radius 3 is 2.14 bits per heavy atom. The number of hydrogen-bond donors (Lipinski definition) is 1. The zero-order valence-corrected chi connectivity index (χ0v) is 6.59. The summed E-state index contributed by atoms with van der Waals surface area (Å²) < 4.78 is 19.1. The van der Waals surface area contributed by atoms with E-state index in [0.29, 0.717) is 5.21 Å². The minimum atomic E-state index is -3.19. The fraction of sp³-hybridized carbons (Fsp3) is 1.00. The van der Waals surface area contributed by atoms with Crippen molar-refractivity contribution >= 4 is 13.8 Å². The van der Waals surface area contributed by atoms with Crippen LogP contribution in [0.5, 0.6) is 0 Å². The number of hydrogen-bond acceptors (Lipinski definition) is 1. The molecular formula is C4H11AsO2. The van der Waals surface area contributed by atoms with Crippen LogP contribution in [0.3, 0.4) is 0 Å². The van der Waals surface area contributed by atoms with E-state index in [0.717, 1.165) is 6.42 Å². The van der Waals surface area contributed by atoms with E-state index >= 15 is 0 Å². The van der Waals surface area contributed by atoms with E-state index in [2.05, 4.69) is 0 Å². The molecule has 0 aliphatic rings. The van der Waals surface area contributed by atoms with E-state index in [1.807, 2.05) is 6.92 Å². The first-order valence-electron chi connectivity index (χ1n) is 2.35. The molecule has 2 nitrogen and oxygen atoms in total. The molecule has 0 saturated carbocycles. The monoisotopic (exact) mass is 166 g/mol. The van der Waals surface area contributed by atoms with Crippen molar-refractivity contribution in [2.75, 3.05) is 0 Å². The summed E-state index contributed by atoms with van der Waals surface area (Å²) in [5.74, 6) is 0. The van der Waals surface area contributed by atoms with Gasteiger partial charge in [0.05, 0.1) is 0 Å². The van der Waals surface area contributed by atoms with E-state index in [9.17, 15) is 3.74 Å². The first-order chi connectivity index (χ1) is 3.06. The summed E-state index contributed by atoms with van der Waals surface area (Å²) in [6.07, 6.45) is 0.823. The molecular weight excluding hydrogens is 155 g/mol. The molecule has 0 aliphatic carbocycles. The molecule has 0 rings (SSSR count). The third-order valence-corrected chi connectivity index (χ3v) is 3.32. The van der Waals surface area contributed by atoms with Crippen LogP contribution in [0, 0.1) is 0 Å². The molecule has 0 aromatic rings. The van der Waals surface area contributed by atoms with Gasteiger partial charge in [-0.2, -0.15) is 0 Å². The quantitative estimate of drug-likeness (QED) is 0.618. The van der Waals surface area contributed by atoms with Crippen LogP contribution in [-0.2, 0) is 3.74 Å². The van der Waals surface area contributed by atoms with E-state index in [4.69, 9.17) is 4.10 Å². The molecule has 1 atom stereocenters. The molecule has 3 heteroatoms. The van der Waals surface area contributed by atoms with Gasteiger partial charge in [-0.15, -0.1) is 0 Å². The summed E-state index contributed by atoms with van der Waals surface area (Å²) in [5, 5.41) is 0.512. The van der Waals surface area contributed by atoms with Gasteiger partial charge in [-0.05, 0) is 0 Å². The van der Waals surface area contributed by atoms with Gasteiger partial charge >= 0.3 is 45.9 Å². The van der Waals surface area contributed by atoms with Gasteiger partial charge in [0.2, 0.25) is 0 Å². The molecule has 1 N–H and O–H groups in total. The molecule has 0 aliphatic heterocycles. The number of rotatable bonds is 2. The molecule has 0 amide bonds. The molecule has 0 heterocycles. The topological polar surface area (TPSA) is 37.3 Å². The van der Waals surface area contributed by atoms with Crippen molar-refractivity contribution in [3.05, 3.63) is 0 Å². The van der Waals surface area contributed by atoms with Crippen molar-refractivity contribution in [3.8, 4) is 0 Å². The van der Waals surface area contributed by atoms with Crippen LogP contribution in [0.25, 0.3) is 0 Å². The molecule has 0 saturated heterocycles. The van der Waals surface area contributed by atoms with Gasteiger partial charge < -0.3 is 0 Å². The first kappa shape index (κ1) is 7.32. The maximum atomic E-state index is 10.4. The molecule has 0 fully saturated rings. The molecule has 0 bridgehead atoms. The van der Waals surface area contributed by atoms with Crippen molar-refractivity contribution in [2.45, 2.75) is 24.3 Å². The first-order valence-corrected chi connectivity index (χ1v) is 7.16. The Labute approximate surface area is 46.6 Å². The third kappa shape index (κ3) is 6.32. The van der Waals surface area contributed by atoms with Crippen molar-refractivity contribution in [2.24, 2.45) is 0 Å². The van der Waals surface area contributed by atoms with Crippen LogP contribution in [0.2, 0.25) is 10.9 Å². The van der Waals surface area contributed by atoms with Crippen molar-refractivity contribution in [1.82, 2.24) is 0 Å². The summed E-state index contributed by atoms with van der Waals surface area (Å²) >= 11 is -3.19. The molecule has 0 spiro atoms. The van der Waals surface area contributed by atoms with Crippen molar-refractivity contribution < 1.29 is 7.84 Å². The van der Waals surface area contributed by atoms with Gasteiger partial charge in [0.15, 0.2) is 0 Å². The predicted octanol–water partition coefficient (Wildman–Crippen LogP) is 0.891. The normalized spacial score (nSPS) is 18.7. The van der Waals surface area contributed by atoms with E-state index in [1.165, 1.54) is 5.71 Å². The molecule has 0 radical (unpaired) electrons. The van der Waals surface area contributed by atoms with Crippen molar-refractivity contribution in [1.29, 1.82) is 0 Å². The van der Waals surface area contributed by atoms with Gasteiger partial charge in [0.25, 0.3) is 0 Å². The summed E-state index contributed by atoms with van der Waals surface area (Å²) in [6.45, 7) is 1.91. The third-order valence-electron chi connectivity index (χ3n) is 0.639. The van der Waals surface area contributed by atoms with Gasteiger partial charge in [0.1, 0.15) is 0 Å². The zero-order chi connectivity index (χ0) is 5.91. The van der Waals surface area contributed by atoms with Crippen LogP contribution in [0.1, 0.15) is 13.3 Å². The Hall–Kier alpha value is 0.318. The molecule has 0 aromatic carbocycles. The van der Waals surface area contributed by atoms with Crippen LogP contribution in [0.15, 0.2) is 0 Å². The summed E-state index contributed by atoms with van der Waals surface area (Å²) in [7, 11) is 0. The van der Waals surface area contributed by atoms with E-state index in [1.54, 1.807) is 0 Å². The van der Waals surface area contributed by atoms with Gasteiger partial charge in [-0.1, -0.05) is 0 Å². The summed E-state index contributed by atoms with van der Waals surface area (Å²) in [6, 6.07) is 0. The summed E-state index contributed by atoms with van der Waals surface area (Å²) in [5.41, 5.74) is 1.45. The Bertz CT molecular complexity index is 83.7. The van der Waals surface area contributed by atoms with Crippen LogP contribution < -0.4 is 0 Å². The average Bonchev–Trinajstić information content (AvgIpc) is 1.30. The van der Waals surface area contributed by atoms with E-state index in [-0.39, 0.29) is 0 Å². The predicted molar refractivity (Wildman–Crippen MR) is 29.6 cm³/mol. The standard InChI is InChI=1S/C4H11AsO2/c1-3-4-5(2,6)7/h3-4H2,1-2H3,(H,6,7). The second kappa shape index (κ2) is 2.58. The Balaban J connectivity index is 3.36. The fourth-order valence-corrected chi connectivity index (χ4v) is 2.16. The Morgan fingerprint density at radius 1 is 1.71 bits per heavy atom. The average molecular weight is 166 g/mol. The van der Waals surface area contributed by atoms with Crippen molar-refractivity contribution in [3.63, 3.8) is 0 Å². The summed E-state index contributed by atoms with van der Waals surface area (Å²) in [4.78, 5) is 0. The van der Waals surface area contributed by atoms with E-state index < -0.39 is 13.8 Å². The molecule has 44 valence electrons. The maximum absolute atomic E-state index is 10.4. The SMILES string of the molecule is CCC[As](C)(=O)O. The van der Waals surface area contributed by atoms with Crippen LogP contribution >= 0.6 is 0 Å². The minimum absolute atomic E-state index is 0.512. The Kier molecular flexibility index (Phi) is 2.70. The molecule has 0 aromatic heterocycles. The second-order valence-electron chi connectivity index (χ2n) is 1.77. The van der Waals surface area contributed by atoms with Crippen LogP contribution in [0.4, 0.5) is 0 Å². The van der Waals surface area contributed by atoms with Gasteiger partial charge in [-0.25, -0.2) is 0 Å². The molecule has 7 heavy (non-hydrogen) atoms. The second-order valence-corrected chi connectivity index (χ2v) is 7.12.